The van der Waals surface area contributed by atoms with Crippen LogP contribution in [0.5, 0.6) is 0 Å². The van der Waals surface area contributed by atoms with Crippen LogP contribution in [0.1, 0.15) is 43.6 Å². The highest BCUT2D eigenvalue weighted by molar-refractivity contribution is 5.78. The zero-order valence-corrected chi connectivity index (χ0v) is 15.4. The van der Waals surface area contributed by atoms with Gasteiger partial charge in [0.1, 0.15) is 5.82 Å². The minimum Gasteiger partial charge on any atom is -0.381 e. The molecule has 2 saturated heterocycles. The van der Waals surface area contributed by atoms with Crippen molar-refractivity contribution in [2.45, 2.75) is 51.7 Å². The zero-order chi connectivity index (χ0) is 17.9. The number of ether oxygens (including phenoxy) is 1. The molecule has 0 radical (unpaired) electrons. The molecule has 0 atom stereocenters. The van der Waals surface area contributed by atoms with E-state index in [2.05, 4.69) is 4.90 Å². The third-order valence-corrected chi connectivity index (χ3v) is 5.75. The van der Waals surface area contributed by atoms with E-state index in [1.54, 1.807) is 10.6 Å². The van der Waals surface area contributed by atoms with Crippen LogP contribution in [0.4, 0.5) is 0 Å². The Morgan fingerprint density at radius 2 is 1.88 bits per heavy atom. The lowest BCUT2D eigenvalue weighted by atomic mass is 9.98. The molecule has 0 aromatic carbocycles. The maximum absolute atomic E-state index is 12.9. The van der Waals surface area contributed by atoms with Gasteiger partial charge in [-0.3, -0.25) is 19.1 Å². The second-order valence-electron chi connectivity index (χ2n) is 7.64. The summed E-state index contributed by atoms with van der Waals surface area (Å²) in [6.45, 7) is 6.00. The lowest BCUT2D eigenvalue weighted by Gasteiger charge is -2.28. The molecule has 1 aromatic rings. The van der Waals surface area contributed by atoms with E-state index >= 15 is 0 Å². The minimum absolute atomic E-state index is 0.0181. The third kappa shape index (κ3) is 3.83. The third-order valence-electron chi connectivity index (χ3n) is 5.75. The molecule has 0 bridgehead atoms. The van der Waals surface area contributed by atoms with Crippen LogP contribution in [0.3, 0.4) is 0 Å². The van der Waals surface area contributed by atoms with Gasteiger partial charge in [-0.1, -0.05) is 0 Å². The molecule has 0 aliphatic carbocycles. The number of amides is 1. The van der Waals surface area contributed by atoms with Crippen LogP contribution in [-0.2, 0) is 29.2 Å². The molecule has 0 unspecified atom stereocenters. The zero-order valence-electron chi connectivity index (χ0n) is 15.4. The van der Waals surface area contributed by atoms with Crippen molar-refractivity contribution >= 4 is 5.91 Å². The van der Waals surface area contributed by atoms with Crippen LogP contribution in [-0.4, -0.2) is 58.1 Å². The van der Waals surface area contributed by atoms with Crippen LogP contribution in [0.25, 0.3) is 0 Å². The summed E-state index contributed by atoms with van der Waals surface area (Å²) in [5, 5.41) is 0. The Hall–Kier alpha value is -1.73. The summed E-state index contributed by atoms with van der Waals surface area (Å²) in [6.07, 6.45) is 4.83. The molecule has 1 amide bonds. The van der Waals surface area contributed by atoms with Crippen LogP contribution in [0.2, 0.25) is 0 Å². The lowest BCUT2D eigenvalue weighted by Crippen LogP contribution is -2.38. The molecule has 26 heavy (non-hydrogen) atoms. The smallest absolute Gasteiger partial charge is 0.253 e. The number of nitrogens with zero attached hydrogens (tertiary/aromatic N) is 4. The number of likely N-dealkylation sites (tertiary alicyclic amines) is 1. The molecule has 3 aliphatic rings. The van der Waals surface area contributed by atoms with Gasteiger partial charge in [0.05, 0.1) is 12.2 Å². The van der Waals surface area contributed by atoms with Crippen LogP contribution >= 0.6 is 0 Å². The van der Waals surface area contributed by atoms with E-state index in [1.165, 1.54) is 12.8 Å². The predicted molar refractivity (Wildman–Crippen MR) is 96.6 cm³/mol. The molecule has 1 aromatic heterocycles. The van der Waals surface area contributed by atoms with Crippen molar-refractivity contribution in [3.8, 4) is 0 Å². The van der Waals surface area contributed by atoms with Crippen molar-refractivity contribution in [1.82, 2.24) is 19.4 Å². The van der Waals surface area contributed by atoms with Crippen molar-refractivity contribution in [2.24, 2.45) is 5.92 Å². The molecule has 142 valence electrons. The highest BCUT2D eigenvalue weighted by Crippen LogP contribution is 2.20. The number of hydrogen-bond acceptors (Lipinski definition) is 5. The molecular formula is C19H28N4O3. The van der Waals surface area contributed by atoms with E-state index in [9.17, 15) is 9.59 Å². The number of fused-ring (bicyclic) bond motifs is 1. The van der Waals surface area contributed by atoms with Gasteiger partial charge in [0.25, 0.3) is 5.56 Å². The number of hydrogen-bond donors (Lipinski definition) is 0. The molecule has 2 fully saturated rings. The predicted octanol–water partition coefficient (Wildman–Crippen LogP) is 0.998. The van der Waals surface area contributed by atoms with Gasteiger partial charge in [-0.05, 0) is 45.2 Å². The van der Waals surface area contributed by atoms with Gasteiger partial charge in [0.15, 0.2) is 0 Å². The van der Waals surface area contributed by atoms with Gasteiger partial charge < -0.3 is 9.64 Å². The highest BCUT2D eigenvalue weighted by atomic mass is 16.5. The van der Waals surface area contributed by atoms with Crippen LogP contribution < -0.4 is 5.56 Å². The van der Waals surface area contributed by atoms with Gasteiger partial charge in [-0.2, -0.15) is 0 Å². The Morgan fingerprint density at radius 1 is 1.12 bits per heavy atom. The SMILES string of the molecule is O=C(C1CCOCC1)N1CCCn2c(nc(CN3CCCC3)cc2=O)C1. The summed E-state index contributed by atoms with van der Waals surface area (Å²) >= 11 is 0. The minimum atomic E-state index is 0.0181. The van der Waals surface area contributed by atoms with Gasteiger partial charge in [-0.25, -0.2) is 4.98 Å². The normalized spacial score (nSPS) is 22.2. The van der Waals surface area contributed by atoms with Crippen LogP contribution in [0, 0.1) is 5.92 Å². The first-order chi connectivity index (χ1) is 12.7. The highest BCUT2D eigenvalue weighted by Gasteiger charge is 2.28. The summed E-state index contributed by atoms with van der Waals surface area (Å²) in [7, 11) is 0. The molecule has 4 heterocycles. The Labute approximate surface area is 153 Å². The largest absolute Gasteiger partial charge is 0.381 e. The van der Waals surface area contributed by atoms with Gasteiger partial charge in [0, 0.05) is 44.8 Å². The first kappa shape index (κ1) is 17.7. The van der Waals surface area contributed by atoms with Crippen molar-refractivity contribution in [2.75, 3.05) is 32.8 Å². The van der Waals surface area contributed by atoms with Gasteiger partial charge >= 0.3 is 0 Å². The van der Waals surface area contributed by atoms with E-state index in [4.69, 9.17) is 9.72 Å². The fourth-order valence-corrected chi connectivity index (χ4v) is 4.28. The fourth-order valence-electron chi connectivity index (χ4n) is 4.28. The Bertz CT molecular complexity index is 705. The monoisotopic (exact) mass is 360 g/mol. The summed E-state index contributed by atoms with van der Waals surface area (Å²) in [5.74, 6) is 0.986. The van der Waals surface area contributed by atoms with Crippen molar-refractivity contribution < 1.29 is 9.53 Å². The standard InChI is InChI=1S/C19H28N4O3/c24-18-12-16(13-21-6-1-2-7-21)20-17-14-22(8-3-9-23(17)18)19(25)15-4-10-26-11-5-15/h12,15H,1-11,13-14H2. The maximum Gasteiger partial charge on any atom is 0.253 e. The first-order valence-corrected chi connectivity index (χ1v) is 9.89. The number of carbonyl (C=O) groups is 1. The maximum atomic E-state index is 12.9. The summed E-state index contributed by atoms with van der Waals surface area (Å²) in [4.78, 5) is 34.5. The number of carbonyl (C=O) groups excluding carboxylic acids is 1. The summed E-state index contributed by atoms with van der Waals surface area (Å²) in [6, 6.07) is 1.68. The summed E-state index contributed by atoms with van der Waals surface area (Å²) in [5.41, 5.74) is 0.855. The second kappa shape index (κ2) is 7.88. The van der Waals surface area contributed by atoms with E-state index in [0.29, 0.717) is 32.8 Å². The average Bonchev–Trinajstić information content (AvgIpc) is 3.06. The quantitative estimate of drug-likeness (QED) is 0.804. The molecule has 7 nitrogen and oxygen atoms in total. The molecule has 7 heteroatoms. The fraction of sp³-hybridized carbons (Fsp3) is 0.737. The lowest BCUT2D eigenvalue weighted by molar-refractivity contribution is -0.139. The van der Waals surface area contributed by atoms with Crippen molar-refractivity contribution in [3.05, 3.63) is 27.9 Å². The van der Waals surface area contributed by atoms with E-state index in [-0.39, 0.29) is 17.4 Å². The Kier molecular flexibility index (Phi) is 5.36. The number of rotatable bonds is 3. The Morgan fingerprint density at radius 3 is 2.65 bits per heavy atom. The Balaban J connectivity index is 1.53. The molecule has 3 aliphatic heterocycles. The molecule has 4 rings (SSSR count). The van der Waals surface area contributed by atoms with Crippen molar-refractivity contribution in [1.29, 1.82) is 0 Å². The molecule has 0 spiro atoms. The van der Waals surface area contributed by atoms with Gasteiger partial charge in [-0.15, -0.1) is 0 Å². The number of aromatic nitrogens is 2. The molecular weight excluding hydrogens is 332 g/mol. The van der Waals surface area contributed by atoms with Crippen molar-refractivity contribution in [3.63, 3.8) is 0 Å². The molecule has 0 saturated carbocycles. The molecule has 0 N–H and O–H groups in total. The average molecular weight is 360 g/mol. The van der Waals surface area contributed by atoms with E-state index in [1.807, 2.05) is 4.90 Å². The topological polar surface area (TPSA) is 67.7 Å². The van der Waals surface area contributed by atoms with E-state index < -0.39 is 0 Å². The van der Waals surface area contributed by atoms with E-state index in [0.717, 1.165) is 50.4 Å². The summed E-state index contributed by atoms with van der Waals surface area (Å²) < 4.78 is 7.13. The first-order valence-electron chi connectivity index (χ1n) is 9.89. The van der Waals surface area contributed by atoms with Gasteiger partial charge in [0.2, 0.25) is 5.91 Å². The van der Waals surface area contributed by atoms with Crippen LogP contribution in [0.15, 0.2) is 10.9 Å². The second-order valence-corrected chi connectivity index (χ2v) is 7.64.